The van der Waals surface area contributed by atoms with Crippen molar-refractivity contribution in [3.63, 3.8) is 0 Å². The van der Waals surface area contributed by atoms with E-state index >= 15 is 0 Å². The summed E-state index contributed by atoms with van der Waals surface area (Å²) >= 11 is 5.10. The van der Waals surface area contributed by atoms with E-state index in [1.54, 1.807) is 29.2 Å². The van der Waals surface area contributed by atoms with Crippen molar-refractivity contribution in [3.8, 4) is 5.75 Å². The average molecular weight is 350 g/mol. The first kappa shape index (κ1) is 16.9. The third-order valence-electron chi connectivity index (χ3n) is 3.72. The quantitative estimate of drug-likeness (QED) is 0.715. The summed E-state index contributed by atoms with van der Waals surface area (Å²) in [6, 6.07) is 20.7. The van der Waals surface area contributed by atoms with Gasteiger partial charge in [-0.25, -0.2) is 0 Å². The van der Waals surface area contributed by atoms with Crippen LogP contribution < -0.4 is 10.1 Å². The van der Waals surface area contributed by atoms with Crippen LogP contribution in [-0.2, 0) is 0 Å². The number of hydrogen-bond donors (Lipinski definition) is 1. The number of ether oxygens (including phenoxy) is 1. The number of anilines is 1. The molecule has 1 N–H and O–H groups in total. The highest BCUT2D eigenvalue weighted by Gasteiger charge is 2.09. The van der Waals surface area contributed by atoms with Gasteiger partial charge in [-0.15, -0.1) is 0 Å². The maximum Gasteiger partial charge on any atom is 0.264 e. The summed E-state index contributed by atoms with van der Waals surface area (Å²) in [7, 11) is 3.63. The van der Waals surface area contributed by atoms with Gasteiger partial charge in [0, 0.05) is 30.7 Å². The lowest BCUT2D eigenvalue weighted by Crippen LogP contribution is -2.25. The Labute approximate surface area is 152 Å². The van der Waals surface area contributed by atoms with E-state index in [1.807, 2.05) is 56.6 Å². The third-order valence-corrected chi connectivity index (χ3v) is 4.17. The lowest BCUT2D eigenvalue weighted by molar-refractivity contribution is 0.102. The molecular weight excluding hydrogens is 332 g/mol. The Morgan fingerprint density at radius 1 is 0.960 bits per heavy atom. The summed E-state index contributed by atoms with van der Waals surface area (Å²) in [5, 5.41) is 5.43. The van der Waals surface area contributed by atoms with E-state index in [4.69, 9.17) is 17.0 Å². The number of amides is 1. The highest BCUT2D eigenvalue weighted by atomic mass is 32.1. The van der Waals surface area contributed by atoms with Crippen LogP contribution in [0.2, 0.25) is 0 Å². The number of nitrogens with zero attached hydrogens (tertiary/aromatic N) is 1. The molecule has 0 saturated heterocycles. The van der Waals surface area contributed by atoms with E-state index in [2.05, 4.69) is 5.32 Å². The summed E-state index contributed by atoms with van der Waals surface area (Å²) in [5.41, 5.74) is 1.34. The molecule has 5 heteroatoms. The second-order valence-corrected chi connectivity index (χ2v) is 6.12. The van der Waals surface area contributed by atoms with Gasteiger partial charge in [0.25, 0.3) is 11.1 Å². The minimum Gasteiger partial charge on any atom is -0.432 e. The van der Waals surface area contributed by atoms with Crippen LogP contribution in [-0.4, -0.2) is 30.1 Å². The Hall–Kier alpha value is -2.92. The number of fused-ring (bicyclic) bond motifs is 1. The van der Waals surface area contributed by atoms with Crippen LogP contribution >= 0.6 is 12.2 Å². The molecule has 3 rings (SSSR count). The number of benzene rings is 3. The van der Waals surface area contributed by atoms with Gasteiger partial charge >= 0.3 is 0 Å². The van der Waals surface area contributed by atoms with Crippen LogP contribution in [0, 0.1) is 0 Å². The van der Waals surface area contributed by atoms with Crippen molar-refractivity contribution in [2.45, 2.75) is 0 Å². The molecule has 25 heavy (non-hydrogen) atoms. The molecule has 3 aromatic carbocycles. The molecule has 0 radical (unpaired) electrons. The minimum atomic E-state index is -0.168. The first-order valence-electron chi connectivity index (χ1n) is 7.83. The van der Waals surface area contributed by atoms with E-state index < -0.39 is 0 Å². The summed E-state index contributed by atoms with van der Waals surface area (Å²) in [6.45, 7) is 0. The molecule has 0 aromatic heterocycles. The van der Waals surface area contributed by atoms with Crippen molar-refractivity contribution in [2.75, 3.05) is 19.4 Å². The van der Waals surface area contributed by atoms with Crippen molar-refractivity contribution >= 4 is 39.8 Å². The molecule has 0 saturated carbocycles. The van der Waals surface area contributed by atoms with Crippen LogP contribution in [0.3, 0.4) is 0 Å². The summed E-state index contributed by atoms with van der Waals surface area (Å²) in [6.07, 6.45) is 0. The van der Waals surface area contributed by atoms with Crippen molar-refractivity contribution < 1.29 is 9.53 Å². The van der Waals surface area contributed by atoms with E-state index in [0.29, 0.717) is 16.5 Å². The van der Waals surface area contributed by atoms with E-state index in [9.17, 15) is 4.79 Å². The summed E-state index contributed by atoms with van der Waals surface area (Å²) in [5.74, 6) is 0.429. The average Bonchev–Trinajstić information content (AvgIpc) is 2.62. The van der Waals surface area contributed by atoms with Crippen molar-refractivity contribution in [1.82, 2.24) is 4.90 Å². The molecule has 3 aromatic rings. The highest BCUT2D eigenvalue weighted by molar-refractivity contribution is 7.80. The standard InChI is InChI=1S/C20H18N2O2S/c1-22(2)20(25)24-16-12-10-15(11-13-16)19(23)21-18-9-5-7-14-6-3-4-8-17(14)18/h3-13H,1-2H3,(H,21,23). The van der Waals surface area contributed by atoms with Gasteiger partial charge < -0.3 is 15.0 Å². The van der Waals surface area contributed by atoms with Crippen LogP contribution in [0.5, 0.6) is 5.75 Å². The van der Waals surface area contributed by atoms with Crippen LogP contribution in [0.4, 0.5) is 5.69 Å². The molecule has 0 heterocycles. The Kier molecular flexibility index (Phi) is 4.95. The van der Waals surface area contributed by atoms with Gasteiger partial charge in [0.05, 0.1) is 0 Å². The predicted molar refractivity (Wildman–Crippen MR) is 105 cm³/mol. The molecule has 0 aliphatic rings. The Morgan fingerprint density at radius 2 is 1.64 bits per heavy atom. The molecular formula is C20H18N2O2S. The zero-order valence-corrected chi connectivity index (χ0v) is 14.8. The first-order chi connectivity index (χ1) is 12.0. The number of hydrogen-bond acceptors (Lipinski definition) is 3. The number of carbonyl (C=O) groups is 1. The largest absolute Gasteiger partial charge is 0.432 e. The Balaban J connectivity index is 1.76. The number of nitrogens with one attached hydrogen (secondary N) is 1. The van der Waals surface area contributed by atoms with Gasteiger partial charge in [-0.05, 0) is 47.9 Å². The molecule has 126 valence electrons. The SMILES string of the molecule is CN(C)C(=S)Oc1ccc(C(=O)Nc2cccc3ccccc23)cc1. The monoisotopic (exact) mass is 350 g/mol. The fourth-order valence-electron chi connectivity index (χ4n) is 2.40. The van der Waals surface area contributed by atoms with Gasteiger partial charge in [0.15, 0.2) is 0 Å². The van der Waals surface area contributed by atoms with Crippen molar-refractivity contribution in [1.29, 1.82) is 0 Å². The maximum absolute atomic E-state index is 12.5. The molecule has 0 spiro atoms. The first-order valence-corrected chi connectivity index (χ1v) is 8.24. The number of rotatable bonds is 3. The molecule has 0 fully saturated rings. The fourth-order valence-corrected chi connectivity index (χ4v) is 2.49. The molecule has 0 unspecified atom stereocenters. The van der Waals surface area contributed by atoms with Gasteiger partial charge in [0.2, 0.25) is 0 Å². The van der Waals surface area contributed by atoms with Crippen molar-refractivity contribution in [2.24, 2.45) is 0 Å². The second kappa shape index (κ2) is 7.32. The smallest absolute Gasteiger partial charge is 0.264 e. The van der Waals surface area contributed by atoms with Crippen LogP contribution in [0.25, 0.3) is 10.8 Å². The summed E-state index contributed by atoms with van der Waals surface area (Å²) in [4.78, 5) is 14.2. The van der Waals surface area contributed by atoms with Gasteiger partial charge in [0.1, 0.15) is 5.75 Å². The zero-order valence-electron chi connectivity index (χ0n) is 14.0. The van der Waals surface area contributed by atoms with E-state index in [-0.39, 0.29) is 5.91 Å². The third kappa shape index (κ3) is 3.95. The normalized spacial score (nSPS) is 10.3. The molecule has 0 atom stereocenters. The Morgan fingerprint density at radius 3 is 2.36 bits per heavy atom. The number of thiocarbonyl (C=S) groups is 1. The van der Waals surface area contributed by atoms with E-state index in [0.717, 1.165) is 16.5 Å². The van der Waals surface area contributed by atoms with E-state index in [1.165, 1.54) is 0 Å². The topological polar surface area (TPSA) is 41.6 Å². The van der Waals surface area contributed by atoms with Crippen LogP contribution in [0.1, 0.15) is 10.4 Å². The molecule has 0 aliphatic heterocycles. The molecule has 1 amide bonds. The van der Waals surface area contributed by atoms with Gasteiger partial charge in [-0.3, -0.25) is 4.79 Å². The lowest BCUT2D eigenvalue weighted by Gasteiger charge is -2.14. The van der Waals surface area contributed by atoms with Gasteiger partial charge in [-0.1, -0.05) is 36.4 Å². The van der Waals surface area contributed by atoms with Crippen LogP contribution in [0.15, 0.2) is 66.7 Å². The molecule has 0 aliphatic carbocycles. The predicted octanol–water partition coefficient (Wildman–Crippen LogP) is 4.32. The lowest BCUT2D eigenvalue weighted by atomic mass is 10.1. The minimum absolute atomic E-state index is 0.168. The Bertz CT molecular complexity index is 915. The highest BCUT2D eigenvalue weighted by Crippen LogP contribution is 2.23. The maximum atomic E-state index is 12.5. The zero-order chi connectivity index (χ0) is 17.8. The number of carbonyl (C=O) groups excluding carboxylic acids is 1. The molecule has 4 nitrogen and oxygen atoms in total. The second-order valence-electron chi connectivity index (χ2n) is 5.77. The molecule has 0 bridgehead atoms. The van der Waals surface area contributed by atoms with Crippen molar-refractivity contribution in [3.05, 3.63) is 72.3 Å². The van der Waals surface area contributed by atoms with Gasteiger partial charge in [-0.2, -0.15) is 0 Å². The fraction of sp³-hybridized carbons (Fsp3) is 0.100. The summed E-state index contributed by atoms with van der Waals surface area (Å²) < 4.78 is 5.51.